The monoisotopic (exact) mass is 433 g/mol. The largest absolute Gasteiger partial charge is 0.370 e. The molecule has 1 saturated heterocycles. The van der Waals surface area contributed by atoms with Crippen molar-refractivity contribution in [3.05, 3.63) is 54.1 Å². The highest BCUT2D eigenvalue weighted by Crippen LogP contribution is 2.24. The average Bonchev–Trinajstić information content (AvgIpc) is 2.81. The molecule has 1 aliphatic heterocycles. The molecule has 2 amide bonds. The molecule has 1 aromatic carbocycles. The molecule has 3 rings (SSSR count). The van der Waals surface area contributed by atoms with Gasteiger partial charge in [-0.15, -0.1) is 0 Å². The third-order valence-electron chi connectivity index (χ3n) is 6.21. The fourth-order valence-electron chi connectivity index (χ4n) is 4.68. The highest BCUT2D eigenvalue weighted by atomic mass is 16.2. The quantitative estimate of drug-likeness (QED) is 0.636. The molecule has 6 nitrogen and oxygen atoms in total. The Balaban J connectivity index is 1.61. The lowest BCUT2D eigenvalue weighted by molar-refractivity contribution is 0.224. The van der Waals surface area contributed by atoms with Crippen molar-refractivity contribution >= 4 is 17.4 Å². The Bertz CT molecular complexity index is 866. The van der Waals surface area contributed by atoms with Gasteiger partial charge < -0.3 is 15.5 Å². The first-order valence-corrected chi connectivity index (χ1v) is 11.8. The lowest BCUT2D eigenvalue weighted by Gasteiger charge is -2.40. The lowest BCUT2D eigenvalue weighted by Crippen LogP contribution is -2.57. The van der Waals surface area contributed by atoms with Crippen molar-refractivity contribution in [1.82, 2.24) is 10.6 Å². The molecule has 1 heterocycles. The number of hydrogen-bond acceptors (Lipinski definition) is 4. The molecular weight excluding hydrogens is 398 g/mol. The van der Waals surface area contributed by atoms with Crippen LogP contribution in [0, 0.1) is 11.3 Å². The number of nitriles is 1. The number of allylic oxidation sites excluding steroid dienone is 4. The van der Waals surface area contributed by atoms with Gasteiger partial charge in [0, 0.05) is 36.9 Å². The summed E-state index contributed by atoms with van der Waals surface area (Å²) in [4.78, 5) is 19.2. The second kappa shape index (κ2) is 12.2. The van der Waals surface area contributed by atoms with Crippen molar-refractivity contribution in [2.75, 3.05) is 18.0 Å². The van der Waals surface area contributed by atoms with E-state index in [0.717, 1.165) is 45.2 Å². The van der Waals surface area contributed by atoms with Crippen molar-refractivity contribution in [3.63, 3.8) is 0 Å². The summed E-state index contributed by atoms with van der Waals surface area (Å²) >= 11 is 0. The SMILES string of the molecule is C/C=C\C(/C=C\C)=NC(=O)NC1CCCCC1NC1CCCN(c2ccc(C#N)cc2)C1. The van der Waals surface area contributed by atoms with Gasteiger partial charge in [-0.25, -0.2) is 4.79 Å². The van der Waals surface area contributed by atoms with E-state index in [4.69, 9.17) is 5.26 Å². The van der Waals surface area contributed by atoms with Crippen LogP contribution < -0.4 is 15.5 Å². The number of benzene rings is 1. The van der Waals surface area contributed by atoms with E-state index in [2.05, 4.69) is 26.6 Å². The molecule has 0 radical (unpaired) electrons. The van der Waals surface area contributed by atoms with E-state index in [-0.39, 0.29) is 18.1 Å². The second-order valence-corrected chi connectivity index (χ2v) is 8.59. The van der Waals surface area contributed by atoms with E-state index in [0.29, 0.717) is 17.3 Å². The Morgan fingerprint density at radius 1 is 1.06 bits per heavy atom. The molecule has 6 heteroatoms. The Labute approximate surface area is 192 Å². The Morgan fingerprint density at radius 2 is 1.75 bits per heavy atom. The van der Waals surface area contributed by atoms with Crippen molar-refractivity contribution in [2.24, 2.45) is 4.99 Å². The van der Waals surface area contributed by atoms with Gasteiger partial charge in [-0.05, 0) is 75.9 Å². The van der Waals surface area contributed by atoms with Crippen molar-refractivity contribution in [1.29, 1.82) is 5.26 Å². The third kappa shape index (κ3) is 6.80. The molecule has 2 fully saturated rings. The van der Waals surface area contributed by atoms with Crippen LogP contribution in [0.5, 0.6) is 0 Å². The van der Waals surface area contributed by atoms with Crippen LogP contribution in [0.2, 0.25) is 0 Å². The standard InChI is InChI=1S/C26H35N5O/c1-3-8-21(9-4-2)29-26(32)30-25-12-6-5-11-24(25)28-22-10-7-17-31(19-22)23-15-13-20(18-27)14-16-23/h3-4,8-9,13-16,22,24-25,28H,5-7,10-12,17,19H2,1-2H3,(H,30,32)/b8-3-,9-4-. The maximum absolute atomic E-state index is 12.6. The molecule has 3 unspecified atom stereocenters. The first kappa shape index (κ1) is 23.7. The number of aliphatic imine (C=N–C) groups is 1. The number of carbonyl (C=O) groups excluding carboxylic acids is 1. The maximum Gasteiger partial charge on any atom is 0.341 e. The van der Waals surface area contributed by atoms with Gasteiger partial charge in [-0.3, -0.25) is 0 Å². The normalized spacial score (nSPS) is 23.8. The Hall–Kier alpha value is -2.91. The van der Waals surface area contributed by atoms with Crippen LogP contribution in [0.25, 0.3) is 0 Å². The number of rotatable bonds is 6. The zero-order chi connectivity index (χ0) is 22.8. The molecule has 1 aliphatic carbocycles. The van der Waals surface area contributed by atoms with Crippen LogP contribution in [0.3, 0.4) is 0 Å². The number of urea groups is 1. The molecule has 2 N–H and O–H groups in total. The number of anilines is 1. The summed E-state index contributed by atoms with van der Waals surface area (Å²) in [7, 11) is 0. The topological polar surface area (TPSA) is 80.5 Å². The average molecular weight is 434 g/mol. The summed E-state index contributed by atoms with van der Waals surface area (Å²) in [6.07, 6.45) is 14.1. The zero-order valence-corrected chi connectivity index (χ0v) is 19.3. The molecule has 0 spiro atoms. The smallest absolute Gasteiger partial charge is 0.341 e. The first-order valence-electron chi connectivity index (χ1n) is 11.8. The summed E-state index contributed by atoms with van der Waals surface area (Å²) in [6, 6.07) is 10.5. The second-order valence-electron chi connectivity index (χ2n) is 8.59. The fourth-order valence-corrected chi connectivity index (χ4v) is 4.68. The van der Waals surface area contributed by atoms with Gasteiger partial charge >= 0.3 is 6.03 Å². The summed E-state index contributed by atoms with van der Waals surface area (Å²) in [5.74, 6) is 0. The number of hydrogen-bond donors (Lipinski definition) is 2. The molecule has 1 aromatic rings. The summed E-state index contributed by atoms with van der Waals surface area (Å²) in [5.41, 5.74) is 2.52. The predicted molar refractivity (Wildman–Crippen MR) is 131 cm³/mol. The molecular formula is C26H35N5O. The molecule has 1 saturated carbocycles. The summed E-state index contributed by atoms with van der Waals surface area (Å²) < 4.78 is 0. The molecule has 0 aromatic heterocycles. The van der Waals surface area contributed by atoms with Gasteiger partial charge in [0.05, 0.1) is 17.3 Å². The van der Waals surface area contributed by atoms with Crippen LogP contribution in [-0.2, 0) is 0 Å². The van der Waals surface area contributed by atoms with Crippen LogP contribution >= 0.6 is 0 Å². The van der Waals surface area contributed by atoms with E-state index >= 15 is 0 Å². The number of carbonyl (C=O) groups is 1. The van der Waals surface area contributed by atoms with E-state index in [1.807, 2.05) is 62.4 Å². The number of amides is 2. The van der Waals surface area contributed by atoms with Gasteiger partial charge in [0.1, 0.15) is 0 Å². The highest BCUT2D eigenvalue weighted by molar-refractivity contribution is 6.09. The minimum atomic E-state index is -0.266. The summed E-state index contributed by atoms with van der Waals surface area (Å²) in [5, 5.41) is 16.0. The molecule has 32 heavy (non-hydrogen) atoms. The number of nitrogens with zero attached hydrogens (tertiary/aromatic N) is 3. The fraction of sp³-hybridized carbons (Fsp3) is 0.500. The van der Waals surface area contributed by atoms with E-state index in [1.165, 1.54) is 12.1 Å². The van der Waals surface area contributed by atoms with E-state index in [9.17, 15) is 4.79 Å². The number of nitrogens with one attached hydrogen (secondary N) is 2. The maximum atomic E-state index is 12.6. The highest BCUT2D eigenvalue weighted by Gasteiger charge is 2.30. The van der Waals surface area contributed by atoms with E-state index in [1.54, 1.807) is 0 Å². The van der Waals surface area contributed by atoms with Crippen LogP contribution in [0.4, 0.5) is 10.5 Å². The Kier molecular flexibility index (Phi) is 9.06. The molecule has 0 bridgehead atoms. The van der Waals surface area contributed by atoms with Gasteiger partial charge in [-0.2, -0.15) is 10.3 Å². The third-order valence-corrected chi connectivity index (χ3v) is 6.21. The molecule has 3 atom stereocenters. The first-order chi connectivity index (χ1) is 15.6. The van der Waals surface area contributed by atoms with Gasteiger partial charge in [0.15, 0.2) is 0 Å². The van der Waals surface area contributed by atoms with Gasteiger partial charge in [0.25, 0.3) is 0 Å². The van der Waals surface area contributed by atoms with Crippen LogP contribution in [0.15, 0.2) is 53.6 Å². The molecule has 170 valence electrons. The molecule has 2 aliphatic rings. The van der Waals surface area contributed by atoms with Crippen molar-refractivity contribution in [2.45, 2.75) is 70.5 Å². The van der Waals surface area contributed by atoms with Crippen LogP contribution in [-0.4, -0.2) is 43.0 Å². The number of piperidine rings is 1. The van der Waals surface area contributed by atoms with Gasteiger partial charge in [0.2, 0.25) is 0 Å². The van der Waals surface area contributed by atoms with Gasteiger partial charge in [-0.1, -0.05) is 25.0 Å². The predicted octanol–water partition coefficient (Wildman–Crippen LogP) is 4.73. The van der Waals surface area contributed by atoms with Crippen LogP contribution in [0.1, 0.15) is 57.9 Å². The zero-order valence-electron chi connectivity index (χ0n) is 19.3. The van der Waals surface area contributed by atoms with E-state index < -0.39 is 0 Å². The lowest BCUT2D eigenvalue weighted by atomic mass is 9.89. The Morgan fingerprint density at radius 3 is 2.41 bits per heavy atom. The van der Waals surface area contributed by atoms with Crippen molar-refractivity contribution < 1.29 is 4.79 Å². The minimum absolute atomic E-state index is 0.0998. The van der Waals surface area contributed by atoms with Crippen molar-refractivity contribution in [3.8, 4) is 6.07 Å². The minimum Gasteiger partial charge on any atom is -0.370 e. The summed E-state index contributed by atoms with van der Waals surface area (Å²) in [6.45, 7) is 5.81.